The zero-order valence-electron chi connectivity index (χ0n) is 13.7. The van der Waals surface area contributed by atoms with Crippen molar-refractivity contribution in [2.45, 2.75) is 13.8 Å². The minimum atomic E-state index is 0.0346. The second-order valence-electron chi connectivity index (χ2n) is 6.22. The third-order valence-corrected chi connectivity index (χ3v) is 5.15. The van der Waals surface area contributed by atoms with Crippen molar-refractivity contribution in [3.8, 4) is 5.75 Å². The smallest absolute Gasteiger partial charge is 0.294 e. The van der Waals surface area contributed by atoms with E-state index in [1.165, 1.54) is 0 Å². The fraction of sp³-hybridized carbons (Fsp3) is 0.750. The van der Waals surface area contributed by atoms with Crippen LogP contribution in [0.15, 0.2) is 4.79 Å². The fourth-order valence-corrected chi connectivity index (χ4v) is 3.54. The first-order valence-corrected chi connectivity index (χ1v) is 8.45. The van der Waals surface area contributed by atoms with Gasteiger partial charge in [-0.2, -0.15) is 0 Å². The zero-order valence-corrected chi connectivity index (χ0v) is 13.7. The van der Waals surface area contributed by atoms with Crippen molar-refractivity contribution >= 4 is 5.69 Å². The molecule has 2 aliphatic heterocycles. The molecule has 0 radical (unpaired) electrons. The minimum absolute atomic E-state index is 0.0346. The minimum Gasteiger partial charge on any atom is -0.501 e. The lowest BCUT2D eigenvalue weighted by Crippen LogP contribution is -2.56. The quantitative estimate of drug-likeness (QED) is 0.717. The summed E-state index contributed by atoms with van der Waals surface area (Å²) in [4.78, 5) is 19.3. The van der Waals surface area contributed by atoms with Crippen molar-refractivity contribution in [3.05, 3.63) is 15.6 Å². The first-order chi connectivity index (χ1) is 10.7. The lowest BCUT2D eigenvalue weighted by molar-refractivity contribution is 0.231. The Morgan fingerprint density at radius 1 is 0.955 bits per heavy atom. The second-order valence-corrected chi connectivity index (χ2v) is 6.22. The highest BCUT2D eigenvalue weighted by Crippen LogP contribution is 2.22. The summed E-state index contributed by atoms with van der Waals surface area (Å²) in [5.74, 6) is 0.222. The zero-order chi connectivity index (χ0) is 15.7. The average molecular weight is 307 g/mol. The molecule has 0 saturated carbocycles. The molecule has 0 atom stereocenters. The molecule has 3 rings (SSSR count). The van der Waals surface area contributed by atoms with Crippen LogP contribution >= 0.6 is 0 Å². The Morgan fingerprint density at radius 3 is 2.00 bits per heavy atom. The number of hydrogen-bond donors (Lipinski definition) is 1. The summed E-state index contributed by atoms with van der Waals surface area (Å²) in [6.45, 7) is 13.6. The monoisotopic (exact) mass is 307 g/mol. The van der Waals surface area contributed by atoms with Gasteiger partial charge in [0.2, 0.25) is 5.75 Å². The lowest BCUT2D eigenvalue weighted by atomic mass is 10.1. The molecule has 22 heavy (non-hydrogen) atoms. The highest BCUT2D eigenvalue weighted by atomic mass is 16.3. The molecule has 1 aromatic rings. The lowest BCUT2D eigenvalue weighted by Gasteiger charge is -2.35. The Hall–Kier alpha value is -1.40. The van der Waals surface area contributed by atoms with Crippen molar-refractivity contribution in [2.75, 3.05) is 70.3 Å². The molecule has 6 nitrogen and oxygen atoms in total. The molecule has 2 fully saturated rings. The van der Waals surface area contributed by atoms with E-state index in [1.807, 2.05) is 0 Å². The van der Waals surface area contributed by atoms with Crippen molar-refractivity contribution in [3.63, 3.8) is 0 Å². The van der Waals surface area contributed by atoms with Gasteiger partial charge in [-0.3, -0.25) is 9.69 Å². The SMILES string of the molecule is CCN1CCN(c2c(O)c(=[N+]3CCN(CC)CC3)c2=O)CC1. The fourth-order valence-electron chi connectivity index (χ4n) is 3.54. The van der Waals surface area contributed by atoms with Crippen molar-refractivity contribution in [1.82, 2.24) is 14.4 Å². The molecule has 1 aromatic carbocycles. The number of likely N-dealkylation sites (N-methyl/N-ethyl adjacent to an activating group) is 2. The Kier molecular flexibility index (Phi) is 4.49. The van der Waals surface area contributed by atoms with Gasteiger partial charge in [-0.25, -0.2) is 4.58 Å². The predicted molar refractivity (Wildman–Crippen MR) is 88.2 cm³/mol. The third kappa shape index (κ3) is 2.65. The third-order valence-electron chi connectivity index (χ3n) is 5.15. The summed E-state index contributed by atoms with van der Waals surface area (Å²) in [6.07, 6.45) is 0. The van der Waals surface area contributed by atoms with Crippen LogP contribution in [0.2, 0.25) is 0 Å². The van der Waals surface area contributed by atoms with Crippen LogP contribution in [0.3, 0.4) is 0 Å². The van der Waals surface area contributed by atoms with Gasteiger partial charge in [0.1, 0.15) is 5.69 Å². The summed E-state index contributed by atoms with van der Waals surface area (Å²) in [5, 5.41) is 10.9. The van der Waals surface area contributed by atoms with E-state index >= 15 is 0 Å². The first-order valence-electron chi connectivity index (χ1n) is 8.45. The van der Waals surface area contributed by atoms with E-state index in [0.29, 0.717) is 11.0 Å². The molecule has 2 heterocycles. The van der Waals surface area contributed by atoms with Crippen molar-refractivity contribution < 1.29 is 5.11 Å². The number of hydrogen-bond acceptors (Lipinski definition) is 5. The van der Waals surface area contributed by atoms with E-state index in [2.05, 4.69) is 33.1 Å². The Bertz CT molecular complexity index is 600. The molecule has 0 aliphatic carbocycles. The van der Waals surface area contributed by atoms with E-state index in [4.69, 9.17) is 0 Å². The van der Waals surface area contributed by atoms with Crippen LogP contribution in [-0.2, 0) is 0 Å². The topological polar surface area (TPSA) is 50.0 Å². The average Bonchev–Trinajstić information content (AvgIpc) is 2.56. The van der Waals surface area contributed by atoms with Gasteiger partial charge in [0.15, 0.2) is 13.1 Å². The summed E-state index contributed by atoms with van der Waals surface area (Å²) in [6, 6.07) is 0. The Morgan fingerprint density at radius 2 is 1.50 bits per heavy atom. The molecular formula is C16H27N4O2+. The van der Waals surface area contributed by atoms with Gasteiger partial charge in [0, 0.05) is 26.2 Å². The van der Waals surface area contributed by atoms with Crippen molar-refractivity contribution in [2.24, 2.45) is 0 Å². The van der Waals surface area contributed by atoms with Gasteiger partial charge in [-0.1, -0.05) is 13.8 Å². The van der Waals surface area contributed by atoms with Crippen LogP contribution in [-0.4, -0.2) is 80.4 Å². The van der Waals surface area contributed by atoms with Crippen LogP contribution in [0.5, 0.6) is 5.75 Å². The Balaban J connectivity index is 1.76. The molecule has 0 spiro atoms. The highest BCUT2D eigenvalue weighted by molar-refractivity contribution is 5.63. The van der Waals surface area contributed by atoms with Gasteiger partial charge >= 0.3 is 0 Å². The van der Waals surface area contributed by atoms with E-state index in [-0.39, 0.29) is 11.2 Å². The van der Waals surface area contributed by atoms with Crippen LogP contribution in [0.1, 0.15) is 13.8 Å². The molecule has 6 heteroatoms. The van der Waals surface area contributed by atoms with Gasteiger partial charge < -0.3 is 14.9 Å². The molecule has 1 N–H and O–H groups in total. The van der Waals surface area contributed by atoms with E-state index in [1.54, 1.807) is 0 Å². The van der Waals surface area contributed by atoms with Crippen LogP contribution < -0.4 is 20.3 Å². The maximum Gasteiger partial charge on any atom is 0.294 e. The van der Waals surface area contributed by atoms with Crippen molar-refractivity contribution in [1.29, 1.82) is 0 Å². The number of piperazine rings is 2. The number of aromatic hydroxyl groups is 1. The number of nitrogens with zero attached hydrogens (tertiary/aromatic N) is 4. The molecule has 2 saturated heterocycles. The molecule has 0 bridgehead atoms. The maximum atomic E-state index is 12.5. The van der Waals surface area contributed by atoms with Gasteiger partial charge in [0.25, 0.3) is 10.8 Å². The van der Waals surface area contributed by atoms with E-state index < -0.39 is 0 Å². The van der Waals surface area contributed by atoms with E-state index in [9.17, 15) is 9.90 Å². The molecule has 2 aliphatic rings. The van der Waals surface area contributed by atoms with Gasteiger partial charge in [-0.05, 0) is 13.1 Å². The molecule has 0 amide bonds. The summed E-state index contributed by atoms with van der Waals surface area (Å²) >= 11 is 0. The Labute approximate surface area is 131 Å². The van der Waals surface area contributed by atoms with E-state index in [0.717, 1.165) is 65.4 Å². The normalized spacial score (nSPS) is 21.7. The number of anilines is 1. The summed E-state index contributed by atoms with van der Waals surface area (Å²) in [5.41, 5.74) is 0.580. The molecule has 0 unspecified atom stereocenters. The predicted octanol–water partition coefficient (Wildman–Crippen LogP) is -1.12. The van der Waals surface area contributed by atoms with Crippen LogP contribution in [0.25, 0.3) is 0 Å². The number of rotatable bonds is 3. The summed E-state index contributed by atoms with van der Waals surface area (Å²) in [7, 11) is 0. The molecule has 122 valence electrons. The maximum absolute atomic E-state index is 12.5. The van der Waals surface area contributed by atoms with Gasteiger partial charge in [-0.15, -0.1) is 0 Å². The highest BCUT2D eigenvalue weighted by Gasteiger charge is 2.32. The largest absolute Gasteiger partial charge is 0.501 e. The molecule has 0 aromatic heterocycles. The van der Waals surface area contributed by atoms with Crippen LogP contribution in [0.4, 0.5) is 5.69 Å². The summed E-state index contributed by atoms with van der Waals surface area (Å²) < 4.78 is 2.05. The van der Waals surface area contributed by atoms with Crippen LogP contribution in [0, 0.1) is 0 Å². The standard InChI is InChI=1S/C16H26N4O2/c1-3-17-5-9-19(10-6-17)13-15(21)14(16(13)22)20-11-7-18(4-2)8-12-20/h3-12H2,1-2H3/p+1. The molecular weight excluding hydrogens is 280 g/mol. The first kappa shape index (κ1) is 15.5. The van der Waals surface area contributed by atoms with Gasteiger partial charge in [0.05, 0.1) is 13.1 Å². The second kappa shape index (κ2) is 6.38.